The van der Waals surface area contributed by atoms with Gasteiger partial charge in [-0.25, -0.2) is 15.0 Å². The molecule has 3 nitrogen and oxygen atoms in total. The molecule has 0 atom stereocenters. The molecule has 0 aliphatic carbocycles. The Morgan fingerprint density at radius 3 is 1.89 bits per heavy atom. The summed E-state index contributed by atoms with van der Waals surface area (Å²) in [5.41, 5.74) is 4.93. The van der Waals surface area contributed by atoms with Gasteiger partial charge < -0.3 is 0 Å². The van der Waals surface area contributed by atoms with Crippen LogP contribution >= 0.6 is 22.9 Å². The quantitative estimate of drug-likeness (QED) is 0.195. The van der Waals surface area contributed by atoms with Gasteiger partial charge >= 0.3 is 0 Å². The third kappa shape index (κ3) is 4.46. The molecule has 2 aromatic heterocycles. The molecule has 216 valence electrons. The number of fused-ring (bicyclic) bond motifs is 6. The number of nitrogens with zero attached hydrogens (tertiary/aromatic N) is 3. The highest BCUT2D eigenvalue weighted by atomic mass is 35.5. The Morgan fingerprint density at radius 1 is 0.413 bits per heavy atom. The van der Waals surface area contributed by atoms with E-state index in [0.717, 1.165) is 48.7 Å². The summed E-state index contributed by atoms with van der Waals surface area (Å²) >= 11 is 8.83. The highest BCUT2D eigenvalue weighted by molar-refractivity contribution is 7.27. The van der Waals surface area contributed by atoms with E-state index in [2.05, 4.69) is 133 Å². The van der Waals surface area contributed by atoms with Crippen LogP contribution in [0.15, 0.2) is 146 Å². The molecule has 0 radical (unpaired) electrons. The number of hydrogen-bond donors (Lipinski definition) is 0. The number of halogens is 1. The van der Waals surface area contributed by atoms with Crippen LogP contribution in [0.4, 0.5) is 0 Å². The zero-order valence-electron chi connectivity index (χ0n) is 24.5. The van der Waals surface area contributed by atoms with Gasteiger partial charge in [-0.3, -0.25) is 0 Å². The second kappa shape index (κ2) is 10.9. The van der Waals surface area contributed by atoms with Gasteiger partial charge in [-0.1, -0.05) is 145 Å². The predicted octanol–water partition coefficient (Wildman–Crippen LogP) is 11.9. The van der Waals surface area contributed by atoms with E-state index in [4.69, 9.17) is 26.6 Å². The topological polar surface area (TPSA) is 38.7 Å². The fourth-order valence-corrected chi connectivity index (χ4v) is 8.06. The van der Waals surface area contributed by atoms with Gasteiger partial charge in [-0.2, -0.15) is 0 Å². The van der Waals surface area contributed by atoms with Crippen molar-refractivity contribution < 1.29 is 0 Å². The second-order valence-electron chi connectivity index (χ2n) is 11.3. The van der Waals surface area contributed by atoms with Crippen LogP contribution < -0.4 is 0 Å². The first-order valence-corrected chi connectivity index (χ1v) is 16.3. The molecule has 5 heteroatoms. The number of rotatable bonds is 4. The van der Waals surface area contributed by atoms with Gasteiger partial charge in [-0.15, -0.1) is 11.3 Å². The molecule has 0 saturated carbocycles. The van der Waals surface area contributed by atoms with Crippen molar-refractivity contribution in [2.24, 2.45) is 0 Å². The Kier molecular flexibility index (Phi) is 6.37. The summed E-state index contributed by atoms with van der Waals surface area (Å²) in [6, 6.07) is 50.4. The largest absolute Gasteiger partial charge is 0.208 e. The lowest BCUT2D eigenvalue weighted by Crippen LogP contribution is -2.01. The molecule has 9 rings (SSSR count). The maximum Gasteiger partial charge on any atom is 0.167 e. The smallest absolute Gasteiger partial charge is 0.167 e. The molecule has 0 amide bonds. The highest BCUT2D eigenvalue weighted by Crippen LogP contribution is 2.45. The maximum atomic E-state index is 7.09. The zero-order chi connectivity index (χ0) is 30.6. The first-order chi connectivity index (χ1) is 22.7. The molecule has 0 unspecified atom stereocenters. The molecular formula is C41H24ClN3S. The maximum absolute atomic E-state index is 7.09. The molecule has 9 aromatic rings. The van der Waals surface area contributed by atoms with Gasteiger partial charge in [-0.05, 0) is 44.8 Å². The Hall–Kier alpha value is -5.42. The molecule has 0 fully saturated rings. The van der Waals surface area contributed by atoms with Crippen LogP contribution in [-0.4, -0.2) is 15.0 Å². The molecule has 0 N–H and O–H groups in total. The Morgan fingerprint density at radius 2 is 1.02 bits per heavy atom. The average Bonchev–Trinajstić information content (AvgIpc) is 3.50. The molecule has 0 bridgehead atoms. The molecular weight excluding hydrogens is 602 g/mol. The van der Waals surface area contributed by atoms with Crippen molar-refractivity contribution in [1.29, 1.82) is 0 Å². The molecule has 0 saturated heterocycles. The summed E-state index contributed by atoms with van der Waals surface area (Å²) in [6.07, 6.45) is 0. The van der Waals surface area contributed by atoms with E-state index in [1.54, 1.807) is 11.3 Å². The standard InChI is InChI=1S/C41H24ClN3S/c42-35-23-22-33-32-21-20-27-13-5-7-18-31(27)37(32)46-38(33)36(35)41-44-39(29-16-8-15-28(24-29)25-10-2-1-3-11-25)43-40(45-41)34-19-9-14-26-12-4-6-17-30(26)34/h1-24H. The highest BCUT2D eigenvalue weighted by Gasteiger charge is 2.21. The van der Waals surface area contributed by atoms with Crippen LogP contribution in [0, 0.1) is 0 Å². The Balaban J connectivity index is 1.33. The third-order valence-electron chi connectivity index (χ3n) is 8.60. The molecule has 2 heterocycles. The molecule has 0 aliphatic heterocycles. The molecule has 46 heavy (non-hydrogen) atoms. The fourth-order valence-electron chi connectivity index (χ4n) is 6.38. The lowest BCUT2D eigenvalue weighted by molar-refractivity contribution is 1.08. The fraction of sp³-hybridized carbons (Fsp3) is 0. The normalized spacial score (nSPS) is 11.6. The second-order valence-corrected chi connectivity index (χ2v) is 12.8. The minimum absolute atomic E-state index is 0.560. The van der Waals surface area contributed by atoms with E-state index in [1.165, 1.54) is 20.9 Å². The summed E-state index contributed by atoms with van der Waals surface area (Å²) in [5.74, 6) is 1.77. The van der Waals surface area contributed by atoms with E-state index in [-0.39, 0.29) is 0 Å². The van der Waals surface area contributed by atoms with Crippen molar-refractivity contribution in [3.05, 3.63) is 151 Å². The van der Waals surface area contributed by atoms with E-state index >= 15 is 0 Å². The summed E-state index contributed by atoms with van der Waals surface area (Å²) in [6.45, 7) is 0. The first-order valence-electron chi connectivity index (χ1n) is 15.1. The number of benzene rings is 7. The number of aromatic nitrogens is 3. The minimum atomic E-state index is 0.560. The molecule has 0 spiro atoms. The summed E-state index contributed by atoms with van der Waals surface area (Å²) in [7, 11) is 0. The lowest BCUT2D eigenvalue weighted by Gasteiger charge is -2.12. The summed E-state index contributed by atoms with van der Waals surface area (Å²) < 4.78 is 2.30. The third-order valence-corrected chi connectivity index (χ3v) is 10.2. The van der Waals surface area contributed by atoms with E-state index in [1.807, 2.05) is 12.1 Å². The number of hydrogen-bond acceptors (Lipinski definition) is 4. The average molecular weight is 626 g/mol. The summed E-state index contributed by atoms with van der Waals surface area (Å²) in [4.78, 5) is 15.4. The monoisotopic (exact) mass is 625 g/mol. The molecule has 7 aromatic carbocycles. The van der Waals surface area contributed by atoms with E-state index < -0.39 is 0 Å². The minimum Gasteiger partial charge on any atom is -0.208 e. The van der Waals surface area contributed by atoms with Gasteiger partial charge in [0.15, 0.2) is 17.5 Å². The van der Waals surface area contributed by atoms with Crippen LogP contribution in [0.2, 0.25) is 5.02 Å². The van der Waals surface area contributed by atoms with Crippen LogP contribution in [0.3, 0.4) is 0 Å². The van der Waals surface area contributed by atoms with Crippen molar-refractivity contribution in [2.45, 2.75) is 0 Å². The zero-order valence-corrected chi connectivity index (χ0v) is 26.1. The van der Waals surface area contributed by atoms with Crippen molar-refractivity contribution >= 4 is 64.7 Å². The van der Waals surface area contributed by atoms with Crippen molar-refractivity contribution in [3.8, 4) is 45.3 Å². The van der Waals surface area contributed by atoms with Crippen LogP contribution in [0.5, 0.6) is 0 Å². The molecule has 0 aliphatic rings. The lowest BCUT2D eigenvalue weighted by atomic mass is 10.0. The predicted molar refractivity (Wildman–Crippen MR) is 194 cm³/mol. The van der Waals surface area contributed by atoms with Crippen molar-refractivity contribution in [3.63, 3.8) is 0 Å². The van der Waals surface area contributed by atoms with Gasteiger partial charge in [0.1, 0.15) is 0 Å². The van der Waals surface area contributed by atoms with Gasteiger partial charge in [0, 0.05) is 31.3 Å². The van der Waals surface area contributed by atoms with Gasteiger partial charge in [0.2, 0.25) is 0 Å². The van der Waals surface area contributed by atoms with Crippen LogP contribution in [-0.2, 0) is 0 Å². The van der Waals surface area contributed by atoms with E-state index in [0.29, 0.717) is 22.5 Å². The van der Waals surface area contributed by atoms with Crippen LogP contribution in [0.1, 0.15) is 0 Å². The first kappa shape index (κ1) is 26.9. The Labute approximate surface area is 274 Å². The summed E-state index contributed by atoms with van der Waals surface area (Å²) in [5, 5.41) is 7.62. The number of thiophene rings is 1. The SMILES string of the molecule is Clc1ccc2c(sc3c4ccccc4ccc23)c1-c1nc(-c2cccc(-c3ccccc3)c2)nc(-c2cccc3ccccc23)n1. The van der Waals surface area contributed by atoms with Gasteiger partial charge in [0.05, 0.1) is 10.6 Å². The van der Waals surface area contributed by atoms with Crippen LogP contribution in [0.25, 0.3) is 87.0 Å². The van der Waals surface area contributed by atoms with Crippen molar-refractivity contribution in [2.75, 3.05) is 0 Å². The Bertz CT molecular complexity index is 2600. The van der Waals surface area contributed by atoms with Crippen molar-refractivity contribution in [1.82, 2.24) is 15.0 Å². The van der Waals surface area contributed by atoms with Gasteiger partial charge in [0.25, 0.3) is 0 Å². The van der Waals surface area contributed by atoms with E-state index in [9.17, 15) is 0 Å².